The van der Waals surface area contributed by atoms with E-state index in [2.05, 4.69) is 10.4 Å². The fourth-order valence-corrected chi connectivity index (χ4v) is 3.93. The maximum atomic E-state index is 11.5. The van der Waals surface area contributed by atoms with Gasteiger partial charge in [-0.1, -0.05) is 0 Å². The molecule has 0 saturated carbocycles. The fourth-order valence-electron chi connectivity index (χ4n) is 2.26. The van der Waals surface area contributed by atoms with E-state index >= 15 is 0 Å². The van der Waals surface area contributed by atoms with Crippen molar-refractivity contribution in [3.05, 3.63) is 17.5 Å². The van der Waals surface area contributed by atoms with Crippen molar-refractivity contribution in [2.45, 2.75) is 32.4 Å². The molecule has 1 N–H and O–H groups in total. The Morgan fingerprint density at radius 3 is 2.94 bits per heavy atom. The number of aryl methyl sites for hydroxylation is 2. The van der Waals surface area contributed by atoms with Gasteiger partial charge in [0.25, 0.3) is 0 Å². The van der Waals surface area contributed by atoms with Gasteiger partial charge in [-0.15, -0.1) is 0 Å². The van der Waals surface area contributed by atoms with Crippen LogP contribution in [0.2, 0.25) is 0 Å². The molecule has 0 radical (unpaired) electrons. The van der Waals surface area contributed by atoms with Gasteiger partial charge in [0.05, 0.1) is 17.2 Å². The SMILES string of the molecule is Cc1nn(C)cc1CNC1CCCS(=O)(=O)C1. The fraction of sp³-hybridized carbons (Fsp3) is 0.727. The third kappa shape index (κ3) is 3.29. The van der Waals surface area contributed by atoms with Gasteiger partial charge in [-0.25, -0.2) is 8.42 Å². The molecule has 1 unspecified atom stereocenters. The lowest BCUT2D eigenvalue weighted by atomic mass is 10.1. The summed E-state index contributed by atoms with van der Waals surface area (Å²) < 4.78 is 24.8. The van der Waals surface area contributed by atoms with Crippen LogP contribution in [-0.4, -0.2) is 35.7 Å². The highest BCUT2D eigenvalue weighted by Gasteiger charge is 2.24. The Hall–Kier alpha value is -0.880. The first-order valence-corrected chi connectivity index (χ1v) is 7.71. The summed E-state index contributed by atoms with van der Waals surface area (Å²) in [5, 5.41) is 7.58. The van der Waals surface area contributed by atoms with E-state index in [1.165, 1.54) is 0 Å². The minimum atomic E-state index is -2.82. The van der Waals surface area contributed by atoms with E-state index in [0.717, 1.165) is 24.1 Å². The van der Waals surface area contributed by atoms with Crippen LogP contribution in [0.1, 0.15) is 24.1 Å². The predicted molar refractivity (Wildman–Crippen MR) is 66.5 cm³/mol. The predicted octanol–water partition coefficient (Wildman–Crippen LogP) is 0.395. The summed E-state index contributed by atoms with van der Waals surface area (Å²) in [6, 6.07) is 0.0911. The van der Waals surface area contributed by atoms with Gasteiger partial charge in [-0.3, -0.25) is 4.68 Å². The van der Waals surface area contributed by atoms with Crippen molar-refractivity contribution < 1.29 is 8.42 Å². The van der Waals surface area contributed by atoms with Crippen LogP contribution in [0.3, 0.4) is 0 Å². The van der Waals surface area contributed by atoms with Crippen LogP contribution in [0.15, 0.2) is 6.20 Å². The number of aromatic nitrogens is 2. The van der Waals surface area contributed by atoms with Gasteiger partial charge in [0.15, 0.2) is 9.84 Å². The smallest absolute Gasteiger partial charge is 0.151 e. The van der Waals surface area contributed by atoms with E-state index in [-0.39, 0.29) is 11.8 Å². The van der Waals surface area contributed by atoms with Gasteiger partial charge in [0.2, 0.25) is 0 Å². The molecule has 0 amide bonds. The normalized spacial score (nSPS) is 23.8. The van der Waals surface area contributed by atoms with E-state index in [1.54, 1.807) is 4.68 Å². The van der Waals surface area contributed by atoms with Crippen LogP contribution in [-0.2, 0) is 23.4 Å². The summed E-state index contributed by atoms with van der Waals surface area (Å²) in [7, 11) is -0.934. The van der Waals surface area contributed by atoms with Crippen molar-refractivity contribution in [3.8, 4) is 0 Å². The Balaban J connectivity index is 1.92. The van der Waals surface area contributed by atoms with Crippen LogP contribution < -0.4 is 5.32 Å². The quantitative estimate of drug-likeness (QED) is 0.851. The van der Waals surface area contributed by atoms with Gasteiger partial charge in [0.1, 0.15) is 0 Å². The summed E-state index contributed by atoms with van der Waals surface area (Å²) in [5.41, 5.74) is 2.13. The van der Waals surface area contributed by atoms with Crippen molar-refractivity contribution >= 4 is 9.84 Å². The number of nitrogens with zero attached hydrogens (tertiary/aromatic N) is 2. The van der Waals surface area contributed by atoms with Crippen LogP contribution in [0.5, 0.6) is 0 Å². The lowest BCUT2D eigenvalue weighted by molar-refractivity contribution is 0.479. The lowest BCUT2D eigenvalue weighted by Gasteiger charge is -2.22. The Morgan fingerprint density at radius 2 is 2.35 bits per heavy atom. The van der Waals surface area contributed by atoms with Crippen molar-refractivity contribution in [3.63, 3.8) is 0 Å². The van der Waals surface area contributed by atoms with Gasteiger partial charge in [-0.05, 0) is 19.8 Å². The average molecular weight is 257 g/mol. The third-order valence-electron chi connectivity index (χ3n) is 3.16. The monoisotopic (exact) mass is 257 g/mol. The molecule has 2 heterocycles. The number of hydrogen-bond donors (Lipinski definition) is 1. The first kappa shape index (κ1) is 12.6. The molecule has 0 aliphatic carbocycles. The van der Waals surface area contributed by atoms with E-state index in [1.807, 2.05) is 20.2 Å². The molecule has 0 aromatic carbocycles. The van der Waals surface area contributed by atoms with E-state index in [0.29, 0.717) is 12.3 Å². The van der Waals surface area contributed by atoms with Gasteiger partial charge in [-0.2, -0.15) is 5.10 Å². The van der Waals surface area contributed by atoms with Gasteiger partial charge >= 0.3 is 0 Å². The zero-order valence-electron chi connectivity index (χ0n) is 10.3. The van der Waals surface area contributed by atoms with Crippen LogP contribution in [0, 0.1) is 6.92 Å². The molecule has 17 heavy (non-hydrogen) atoms. The van der Waals surface area contributed by atoms with Gasteiger partial charge in [0, 0.05) is 31.4 Å². The number of rotatable bonds is 3. The molecule has 0 bridgehead atoms. The van der Waals surface area contributed by atoms with Crippen molar-refractivity contribution in [2.75, 3.05) is 11.5 Å². The molecule has 5 nitrogen and oxygen atoms in total. The van der Waals surface area contributed by atoms with Crippen LogP contribution in [0.25, 0.3) is 0 Å². The zero-order chi connectivity index (χ0) is 12.5. The molecular formula is C11H19N3O2S. The Labute approximate surface area is 102 Å². The Kier molecular flexibility index (Phi) is 3.53. The highest BCUT2D eigenvalue weighted by molar-refractivity contribution is 7.91. The first-order valence-electron chi connectivity index (χ1n) is 5.89. The molecule has 2 rings (SSSR count). The molecule has 1 atom stereocenters. The lowest BCUT2D eigenvalue weighted by Crippen LogP contribution is -2.39. The van der Waals surface area contributed by atoms with Gasteiger partial charge < -0.3 is 5.32 Å². The number of hydrogen-bond acceptors (Lipinski definition) is 4. The molecular weight excluding hydrogens is 238 g/mol. The molecule has 1 saturated heterocycles. The number of sulfone groups is 1. The molecule has 1 aromatic rings. The second kappa shape index (κ2) is 4.78. The molecule has 1 aliphatic rings. The molecule has 96 valence electrons. The molecule has 1 aromatic heterocycles. The maximum absolute atomic E-state index is 11.5. The molecule has 0 spiro atoms. The summed E-state index contributed by atoms with van der Waals surface area (Å²) in [5.74, 6) is 0.614. The molecule has 6 heteroatoms. The van der Waals surface area contributed by atoms with E-state index in [4.69, 9.17) is 0 Å². The number of nitrogens with one attached hydrogen (secondary N) is 1. The van der Waals surface area contributed by atoms with Crippen LogP contribution >= 0.6 is 0 Å². The molecule has 1 aliphatic heterocycles. The third-order valence-corrected chi connectivity index (χ3v) is 4.98. The average Bonchev–Trinajstić information content (AvgIpc) is 2.53. The van der Waals surface area contributed by atoms with Crippen molar-refractivity contribution in [1.29, 1.82) is 0 Å². The van der Waals surface area contributed by atoms with E-state index in [9.17, 15) is 8.42 Å². The van der Waals surface area contributed by atoms with Crippen molar-refractivity contribution in [1.82, 2.24) is 15.1 Å². The Morgan fingerprint density at radius 1 is 1.59 bits per heavy atom. The summed E-state index contributed by atoms with van der Waals surface area (Å²) in [4.78, 5) is 0. The minimum Gasteiger partial charge on any atom is -0.309 e. The standard InChI is InChI=1S/C11H19N3O2S/c1-9-10(7-14(2)13-9)6-12-11-4-3-5-17(15,16)8-11/h7,11-12H,3-6,8H2,1-2H3. The summed E-state index contributed by atoms with van der Waals surface area (Å²) in [6.45, 7) is 2.66. The van der Waals surface area contributed by atoms with Crippen molar-refractivity contribution in [2.24, 2.45) is 7.05 Å². The highest BCUT2D eigenvalue weighted by atomic mass is 32.2. The largest absolute Gasteiger partial charge is 0.309 e. The summed E-state index contributed by atoms with van der Waals surface area (Å²) >= 11 is 0. The topological polar surface area (TPSA) is 64.0 Å². The van der Waals surface area contributed by atoms with Crippen LogP contribution in [0.4, 0.5) is 0 Å². The summed E-state index contributed by atoms with van der Waals surface area (Å²) in [6.07, 6.45) is 3.68. The molecule has 1 fully saturated rings. The first-order chi connectivity index (χ1) is 7.96. The highest BCUT2D eigenvalue weighted by Crippen LogP contribution is 2.13. The zero-order valence-corrected chi connectivity index (χ0v) is 11.1. The second-order valence-electron chi connectivity index (χ2n) is 4.75. The Bertz CT molecular complexity index is 493. The van der Waals surface area contributed by atoms with E-state index < -0.39 is 9.84 Å². The second-order valence-corrected chi connectivity index (χ2v) is 6.98. The maximum Gasteiger partial charge on any atom is 0.151 e. The minimum absolute atomic E-state index is 0.0911.